The first-order valence-corrected chi connectivity index (χ1v) is 15.1. The third kappa shape index (κ3) is 7.91. The third-order valence-corrected chi connectivity index (χ3v) is 8.42. The first kappa shape index (κ1) is 28.7. The van der Waals surface area contributed by atoms with Crippen LogP contribution in [0.5, 0.6) is 17.4 Å². The molecule has 0 unspecified atom stereocenters. The molecular formula is C31H34FN3O5S. The normalized spacial score (nSPS) is 19.2. The lowest BCUT2D eigenvalue weighted by atomic mass is 9.90. The minimum atomic E-state index is -0.591. The van der Waals surface area contributed by atoms with E-state index >= 15 is 0 Å². The van der Waals surface area contributed by atoms with Crippen molar-refractivity contribution in [2.45, 2.75) is 63.3 Å². The van der Waals surface area contributed by atoms with E-state index in [-0.39, 0.29) is 46.9 Å². The molecule has 0 radical (unpaired) electrons. The molecule has 41 heavy (non-hydrogen) atoms. The lowest BCUT2D eigenvalue weighted by molar-refractivity contribution is 0.0884. The summed E-state index contributed by atoms with van der Waals surface area (Å²) in [6, 6.07) is 15.3. The van der Waals surface area contributed by atoms with Crippen molar-refractivity contribution in [2.75, 3.05) is 11.5 Å². The van der Waals surface area contributed by atoms with E-state index in [1.165, 1.54) is 12.1 Å². The van der Waals surface area contributed by atoms with Crippen LogP contribution in [0, 0.1) is 5.82 Å². The molecule has 3 aromatic rings. The molecule has 1 aromatic heterocycles. The number of hydrogen-bond acceptors (Lipinski definition) is 7. The zero-order valence-corrected chi connectivity index (χ0v) is 23.5. The molecule has 5 rings (SSSR count). The van der Waals surface area contributed by atoms with Gasteiger partial charge in [-0.05, 0) is 73.8 Å². The molecule has 1 aliphatic heterocycles. The summed E-state index contributed by atoms with van der Waals surface area (Å²) in [6.07, 6.45) is 5.37. The van der Waals surface area contributed by atoms with Gasteiger partial charge in [-0.15, -0.1) is 0 Å². The van der Waals surface area contributed by atoms with Crippen molar-refractivity contribution in [2.24, 2.45) is 0 Å². The summed E-state index contributed by atoms with van der Waals surface area (Å²) in [5.74, 6) is 1.09. The standard InChI is InChI=1S/C31H34FN3O5S/c32-21-16-27(31(33-18-21)40-24-12-14-41-15-13-24)30(38)35-23-8-6-22(7-9-23)34-29(37)26-11-10-25(17-28(26)36)39-19-20-4-2-1-3-5-20/h1-5,10-11,16-18,22-24,36H,6-9,12-15,19H2,(H,34,37)(H,35,38)/t22-,23+. The number of phenolic OH excluding ortho intramolecular Hbond substituents is 1. The summed E-state index contributed by atoms with van der Waals surface area (Å²) >= 11 is 1.87. The maximum atomic E-state index is 14.0. The number of carbonyl (C=O) groups is 2. The summed E-state index contributed by atoms with van der Waals surface area (Å²) in [6.45, 7) is 0.357. The van der Waals surface area contributed by atoms with Crippen molar-refractivity contribution in [1.82, 2.24) is 15.6 Å². The van der Waals surface area contributed by atoms with E-state index in [1.807, 2.05) is 42.1 Å². The molecule has 2 aliphatic rings. The van der Waals surface area contributed by atoms with E-state index in [2.05, 4.69) is 15.6 Å². The number of halogens is 1. The van der Waals surface area contributed by atoms with Gasteiger partial charge in [0.2, 0.25) is 5.88 Å². The van der Waals surface area contributed by atoms with Gasteiger partial charge in [-0.3, -0.25) is 9.59 Å². The number of carbonyl (C=O) groups excluding carboxylic acids is 2. The number of aromatic nitrogens is 1. The van der Waals surface area contributed by atoms with Crippen LogP contribution < -0.4 is 20.1 Å². The van der Waals surface area contributed by atoms with Crippen LogP contribution in [0.15, 0.2) is 60.8 Å². The molecule has 216 valence electrons. The SMILES string of the molecule is O=C(N[C@H]1CC[C@@H](NC(=O)c2cc(F)cnc2OC2CCSCC2)CC1)c1ccc(OCc2ccccc2)cc1O. The van der Waals surface area contributed by atoms with E-state index in [4.69, 9.17) is 9.47 Å². The lowest BCUT2D eigenvalue weighted by Crippen LogP contribution is -2.44. The van der Waals surface area contributed by atoms with Gasteiger partial charge >= 0.3 is 0 Å². The minimum absolute atomic E-state index is 0.0303. The predicted octanol–water partition coefficient (Wildman–Crippen LogP) is 5.25. The largest absolute Gasteiger partial charge is 0.507 e. The van der Waals surface area contributed by atoms with Crippen LogP contribution in [0.2, 0.25) is 0 Å². The summed E-state index contributed by atoms with van der Waals surface area (Å²) in [7, 11) is 0. The molecule has 1 saturated heterocycles. The van der Waals surface area contributed by atoms with Gasteiger partial charge in [-0.1, -0.05) is 30.3 Å². The highest BCUT2D eigenvalue weighted by atomic mass is 32.2. The van der Waals surface area contributed by atoms with Gasteiger partial charge in [-0.2, -0.15) is 11.8 Å². The number of rotatable bonds is 9. The number of thioether (sulfide) groups is 1. The van der Waals surface area contributed by atoms with Crippen molar-refractivity contribution in [3.8, 4) is 17.4 Å². The Morgan fingerprint density at radius 3 is 2.22 bits per heavy atom. The molecule has 0 spiro atoms. The molecular weight excluding hydrogens is 545 g/mol. The Morgan fingerprint density at radius 1 is 0.902 bits per heavy atom. The number of aromatic hydroxyl groups is 1. The quantitative estimate of drug-likeness (QED) is 0.318. The molecule has 10 heteroatoms. The number of nitrogens with one attached hydrogen (secondary N) is 2. The maximum absolute atomic E-state index is 14.0. The number of ether oxygens (including phenoxy) is 2. The third-order valence-electron chi connectivity index (χ3n) is 7.37. The van der Waals surface area contributed by atoms with E-state index in [0.29, 0.717) is 38.0 Å². The van der Waals surface area contributed by atoms with Crippen LogP contribution in [0.3, 0.4) is 0 Å². The van der Waals surface area contributed by atoms with Crippen LogP contribution >= 0.6 is 11.8 Å². The van der Waals surface area contributed by atoms with Crippen molar-refractivity contribution in [3.63, 3.8) is 0 Å². The summed E-state index contributed by atoms with van der Waals surface area (Å²) in [4.78, 5) is 30.0. The van der Waals surface area contributed by atoms with E-state index in [9.17, 15) is 19.1 Å². The Bertz CT molecular complexity index is 1340. The fourth-order valence-electron chi connectivity index (χ4n) is 5.08. The average molecular weight is 580 g/mol. The monoisotopic (exact) mass is 579 g/mol. The van der Waals surface area contributed by atoms with Crippen LogP contribution in [0.4, 0.5) is 4.39 Å². The summed E-state index contributed by atoms with van der Waals surface area (Å²) in [5.41, 5.74) is 1.28. The van der Waals surface area contributed by atoms with E-state index in [1.54, 1.807) is 12.1 Å². The zero-order chi connectivity index (χ0) is 28.6. The topological polar surface area (TPSA) is 110 Å². The molecule has 0 atom stereocenters. The molecule has 2 fully saturated rings. The molecule has 2 aromatic carbocycles. The van der Waals surface area contributed by atoms with E-state index < -0.39 is 11.7 Å². The smallest absolute Gasteiger partial charge is 0.257 e. The Labute approximate surface area is 243 Å². The highest BCUT2D eigenvalue weighted by molar-refractivity contribution is 7.99. The van der Waals surface area contributed by atoms with Gasteiger partial charge in [0.05, 0.1) is 11.8 Å². The second-order valence-electron chi connectivity index (χ2n) is 10.4. The minimum Gasteiger partial charge on any atom is -0.507 e. The lowest BCUT2D eigenvalue weighted by Gasteiger charge is -2.30. The molecule has 1 saturated carbocycles. The van der Waals surface area contributed by atoms with Crippen LogP contribution in [0.25, 0.3) is 0 Å². The molecule has 0 bridgehead atoms. The van der Waals surface area contributed by atoms with Crippen LogP contribution in [-0.4, -0.2) is 51.6 Å². The van der Waals surface area contributed by atoms with Crippen LogP contribution in [-0.2, 0) is 6.61 Å². The molecule has 2 amide bonds. The molecule has 2 heterocycles. The van der Waals surface area contributed by atoms with Gasteiger partial charge in [0.1, 0.15) is 35.6 Å². The molecule has 1 aliphatic carbocycles. The first-order valence-electron chi connectivity index (χ1n) is 14.0. The number of nitrogens with zero attached hydrogens (tertiary/aromatic N) is 1. The second-order valence-corrected chi connectivity index (χ2v) is 11.6. The number of hydrogen-bond donors (Lipinski definition) is 3. The maximum Gasteiger partial charge on any atom is 0.257 e. The van der Waals surface area contributed by atoms with Crippen LogP contribution in [0.1, 0.15) is 64.8 Å². The highest BCUT2D eigenvalue weighted by Gasteiger charge is 2.27. The van der Waals surface area contributed by atoms with Crippen molar-refractivity contribution in [3.05, 3.63) is 83.3 Å². The number of amides is 2. The number of benzene rings is 2. The average Bonchev–Trinajstić information content (AvgIpc) is 2.99. The number of phenols is 1. The fraction of sp³-hybridized carbons (Fsp3) is 0.387. The Balaban J connectivity index is 1.10. The Hall–Kier alpha value is -3.79. The van der Waals surface area contributed by atoms with Gasteiger partial charge < -0.3 is 25.2 Å². The van der Waals surface area contributed by atoms with Gasteiger partial charge in [0, 0.05) is 18.2 Å². The predicted molar refractivity (Wildman–Crippen MR) is 155 cm³/mol. The number of pyridine rings is 1. The molecule has 3 N–H and O–H groups in total. The van der Waals surface area contributed by atoms with Gasteiger partial charge in [-0.25, -0.2) is 9.37 Å². The van der Waals surface area contributed by atoms with Crippen molar-refractivity contribution < 1.29 is 28.6 Å². The van der Waals surface area contributed by atoms with Crippen molar-refractivity contribution >= 4 is 23.6 Å². The van der Waals surface area contributed by atoms with Crippen molar-refractivity contribution in [1.29, 1.82) is 0 Å². The summed E-state index contributed by atoms with van der Waals surface area (Å²) in [5, 5.41) is 16.4. The zero-order valence-electron chi connectivity index (χ0n) is 22.7. The van der Waals surface area contributed by atoms with Gasteiger partial charge in [0.25, 0.3) is 11.8 Å². The fourth-order valence-corrected chi connectivity index (χ4v) is 6.14. The second kappa shape index (κ2) is 13.7. The highest BCUT2D eigenvalue weighted by Crippen LogP contribution is 2.27. The Kier molecular flexibility index (Phi) is 9.61. The van der Waals surface area contributed by atoms with E-state index in [0.717, 1.165) is 36.1 Å². The molecule has 8 nitrogen and oxygen atoms in total. The Morgan fingerprint density at radius 2 is 1.56 bits per heavy atom. The first-order chi connectivity index (χ1) is 19.9. The summed E-state index contributed by atoms with van der Waals surface area (Å²) < 4.78 is 25.7. The van der Waals surface area contributed by atoms with Gasteiger partial charge in [0.15, 0.2) is 0 Å².